The first kappa shape index (κ1) is 27.8. The van der Waals surface area contributed by atoms with Crippen LogP contribution in [0.3, 0.4) is 0 Å². The molecule has 1 amide bonds. The van der Waals surface area contributed by atoms with Gasteiger partial charge in [0.25, 0.3) is 0 Å². The summed E-state index contributed by atoms with van der Waals surface area (Å²) in [5.41, 5.74) is -0.494. The number of amides is 1. The van der Waals surface area contributed by atoms with Gasteiger partial charge in [-0.1, -0.05) is 0 Å². The molecule has 0 radical (unpaired) electrons. The van der Waals surface area contributed by atoms with Crippen molar-refractivity contribution in [2.75, 3.05) is 51.3 Å². The van der Waals surface area contributed by atoms with Crippen molar-refractivity contribution < 1.29 is 18.7 Å². The predicted octanol–water partition coefficient (Wildman–Crippen LogP) is 5.01. The molecule has 1 atom stereocenters. The predicted molar refractivity (Wildman–Crippen MR) is 150 cm³/mol. The highest BCUT2D eigenvalue weighted by Crippen LogP contribution is 2.48. The number of nitrogens with zero attached hydrogens (tertiary/aromatic N) is 6. The number of piperazine rings is 1. The first-order valence-corrected chi connectivity index (χ1v) is 14.5. The zero-order valence-electron chi connectivity index (χ0n) is 23.1. The van der Waals surface area contributed by atoms with E-state index in [2.05, 4.69) is 38.9 Å². The molecule has 1 aromatic carbocycles. The van der Waals surface area contributed by atoms with Crippen LogP contribution in [-0.4, -0.2) is 83.9 Å². The molecule has 11 heteroatoms. The molecule has 210 valence electrons. The fraction of sp³-hybridized carbons (Fsp3) is 0.643. The van der Waals surface area contributed by atoms with E-state index in [0.717, 1.165) is 25.8 Å². The summed E-state index contributed by atoms with van der Waals surface area (Å²) in [5.74, 6) is 0.0431. The number of likely N-dealkylation sites (tertiary alicyclic amines) is 1. The number of halogens is 2. The Kier molecular flexibility index (Phi) is 7.63. The molecular weight excluding hydrogens is 567 g/mol. The van der Waals surface area contributed by atoms with Crippen molar-refractivity contribution >= 4 is 38.7 Å². The molecule has 5 rings (SSSR count). The highest BCUT2D eigenvalue weighted by atomic mass is 79.9. The van der Waals surface area contributed by atoms with E-state index in [1.54, 1.807) is 4.90 Å². The molecule has 39 heavy (non-hydrogen) atoms. The fourth-order valence-corrected chi connectivity index (χ4v) is 6.26. The Bertz CT molecular complexity index is 1300. The number of anilines is 1. The lowest BCUT2D eigenvalue weighted by Crippen LogP contribution is -2.50. The number of nitriles is 1. The number of ether oxygens (including phenoxy) is 2. The first-order chi connectivity index (χ1) is 18.5. The van der Waals surface area contributed by atoms with E-state index >= 15 is 4.39 Å². The fourth-order valence-electron chi connectivity index (χ4n) is 5.58. The van der Waals surface area contributed by atoms with Crippen LogP contribution in [0.2, 0.25) is 0 Å². The van der Waals surface area contributed by atoms with E-state index in [4.69, 9.17) is 14.5 Å². The monoisotopic (exact) mass is 602 g/mol. The van der Waals surface area contributed by atoms with E-state index in [1.807, 2.05) is 31.7 Å². The average molecular weight is 604 g/mol. The Morgan fingerprint density at radius 2 is 1.92 bits per heavy atom. The summed E-state index contributed by atoms with van der Waals surface area (Å²) < 4.78 is 27.8. The molecule has 1 saturated carbocycles. The number of rotatable bonds is 5. The molecule has 3 aliphatic rings. The Morgan fingerprint density at radius 1 is 1.21 bits per heavy atom. The van der Waals surface area contributed by atoms with Crippen LogP contribution in [0.4, 0.5) is 15.0 Å². The van der Waals surface area contributed by atoms with E-state index in [1.165, 1.54) is 0 Å². The van der Waals surface area contributed by atoms with Crippen molar-refractivity contribution in [1.29, 1.82) is 5.26 Å². The van der Waals surface area contributed by atoms with Gasteiger partial charge in [-0.2, -0.15) is 15.2 Å². The quantitative estimate of drug-likeness (QED) is 0.471. The third-order valence-corrected chi connectivity index (χ3v) is 8.85. The lowest BCUT2D eigenvalue weighted by Gasteiger charge is -2.38. The van der Waals surface area contributed by atoms with Gasteiger partial charge < -0.3 is 24.2 Å². The summed E-state index contributed by atoms with van der Waals surface area (Å²) in [5, 5.41) is 10.5. The second-order valence-electron chi connectivity index (χ2n) is 11.9. The van der Waals surface area contributed by atoms with Gasteiger partial charge in [0.1, 0.15) is 23.5 Å². The molecular formula is C28H36BrFN6O3. The topological polar surface area (TPSA) is 94.8 Å². The van der Waals surface area contributed by atoms with Crippen molar-refractivity contribution in [1.82, 2.24) is 19.8 Å². The second kappa shape index (κ2) is 10.7. The summed E-state index contributed by atoms with van der Waals surface area (Å²) >= 11 is 3.44. The Hall–Kier alpha value is -2.71. The molecule has 0 unspecified atom stereocenters. The number of benzene rings is 1. The molecule has 1 aromatic heterocycles. The van der Waals surface area contributed by atoms with Crippen LogP contribution in [0.15, 0.2) is 10.5 Å². The van der Waals surface area contributed by atoms with Crippen LogP contribution in [0.5, 0.6) is 6.01 Å². The number of carbonyl (C=O) groups is 1. The summed E-state index contributed by atoms with van der Waals surface area (Å²) in [6, 6.07) is 4.69. The molecule has 2 aromatic rings. The highest BCUT2D eigenvalue weighted by Gasteiger charge is 2.42. The molecule has 1 aliphatic carbocycles. The number of hydrogen-bond acceptors (Lipinski definition) is 8. The smallest absolute Gasteiger partial charge is 0.410 e. The molecule has 9 nitrogen and oxygen atoms in total. The zero-order chi connectivity index (χ0) is 27.9. The third kappa shape index (κ3) is 5.50. The largest absolute Gasteiger partial charge is 0.462 e. The maximum absolute atomic E-state index is 15.9. The van der Waals surface area contributed by atoms with Gasteiger partial charge in [-0.05, 0) is 94.0 Å². The van der Waals surface area contributed by atoms with Gasteiger partial charge in [0.15, 0.2) is 5.82 Å². The normalized spacial score (nSPS) is 21.5. The molecule has 3 heterocycles. The van der Waals surface area contributed by atoms with Gasteiger partial charge in [-0.3, -0.25) is 0 Å². The molecule has 3 fully saturated rings. The summed E-state index contributed by atoms with van der Waals surface area (Å²) in [7, 11) is 2.07. The standard InChI is InChI=1S/C28H36BrFN6O3/c1-27(2,3)39-26(37)36-13-11-35(12-14-36)24-19-15-20(28(17-31)8-6-9-28)21(29)22(30)23(19)32-25(33-24)38-16-18-7-5-10-34(18)4/h15,18H,5-14,16H2,1-4H3/t18-/m0/s1. The van der Waals surface area contributed by atoms with Crippen LogP contribution in [0.1, 0.15) is 58.4 Å². The third-order valence-electron chi connectivity index (χ3n) is 8.07. The lowest BCUT2D eigenvalue weighted by atomic mass is 9.65. The van der Waals surface area contributed by atoms with Crippen LogP contribution in [-0.2, 0) is 10.2 Å². The average Bonchev–Trinajstić information content (AvgIpc) is 3.28. The number of likely N-dealkylation sites (N-methyl/N-ethyl adjacent to an activating group) is 1. The van der Waals surface area contributed by atoms with Crippen molar-refractivity contribution in [3.05, 3.63) is 21.9 Å². The van der Waals surface area contributed by atoms with Gasteiger partial charge in [0.2, 0.25) is 0 Å². The van der Waals surface area contributed by atoms with Gasteiger partial charge >= 0.3 is 12.1 Å². The van der Waals surface area contributed by atoms with Crippen molar-refractivity contribution in [3.63, 3.8) is 0 Å². The van der Waals surface area contributed by atoms with E-state index < -0.39 is 16.8 Å². The maximum atomic E-state index is 15.9. The van der Waals surface area contributed by atoms with Gasteiger partial charge in [-0.25, -0.2) is 9.18 Å². The van der Waals surface area contributed by atoms with Crippen LogP contribution in [0, 0.1) is 17.1 Å². The first-order valence-electron chi connectivity index (χ1n) is 13.7. The van der Waals surface area contributed by atoms with E-state index in [-0.39, 0.29) is 28.1 Å². The summed E-state index contributed by atoms with van der Waals surface area (Å²) in [4.78, 5) is 27.9. The zero-order valence-corrected chi connectivity index (χ0v) is 24.7. The minimum atomic E-state index is -0.719. The minimum absolute atomic E-state index is 0.129. The van der Waals surface area contributed by atoms with E-state index in [9.17, 15) is 10.1 Å². The molecule has 2 aliphatic heterocycles. The lowest BCUT2D eigenvalue weighted by molar-refractivity contribution is 0.0240. The minimum Gasteiger partial charge on any atom is -0.462 e. The Labute approximate surface area is 237 Å². The van der Waals surface area contributed by atoms with Crippen molar-refractivity contribution in [2.45, 2.75) is 69.9 Å². The number of carbonyl (C=O) groups excluding carboxylic acids is 1. The second-order valence-corrected chi connectivity index (χ2v) is 12.7. The number of aromatic nitrogens is 2. The van der Waals surface area contributed by atoms with Crippen LogP contribution < -0.4 is 9.64 Å². The SMILES string of the molecule is CN1CCC[C@H]1COc1nc(N2CCN(C(=O)OC(C)(C)C)CC2)c2cc(C3(C#N)CCC3)c(Br)c(F)c2n1. The van der Waals surface area contributed by atoms with E-state index in [0.29, 0.717) is 62.4 Å². The summed E-state index contributed by atoms with van der Waals surface area (Å²) in [6.45, 7) is 8.85. The number of hydrogen-bond donors (Lipinski definition) is 0. The van der Waals surface area contributed by atoms with Crippen LogP contribution in [0.25, 0.3) is 10.9 Å². The van der Waals surface area contributed by atoms with Crippen LogP contribution >= 0.6 is 15.9 Å². The van der Waals surface area contributed by atoms with Gasteiger partial charge in [0.05, 0.1) is 16.0 Å². The molecule has 0 N–H and O–H groups in total. The Morgan fingerprint density at radius 3 is 2.49 bits per heavy atom. The summed E-state index contributed by atoms with van der Waals surface area (Å²) in [6.07, 6.45) is 4.10. The molecule has 0 bridgehead atoms. The number of fused-ring (bicyclic) bond motifs is 1. The van der Waals surface area contributed by atoms with Crippen molar-refractivity contribution in [3.8, 4) is 12.1 Å². The molecule has 0 spiro atoms. The molecule has 2 saturated heterocycles. The highest BCUT2D eigenvalue weighted by molar-refractivity contribution is 9.10. The van der Waals surface area contributed by atoms with Gasteiger partial charge in [0, 0.05) is 37.6 Å². The van der Waals surface area contributed by atoms with Gasteiger partial charge in [-0.15, -0.1) is 0 Å². The maximum Gasteiger partial charge on any atom is 0.410 e. The Balaban J connectivity index is 1.49. The van der Waals surface area contributed by atoms with Crippen molar-refractivity contribution in [2.24, 2.45) is 0 Å².